The molecule has 2 rings (SSSR count). The molecule has 3 heteroatoms. The van der Waals surface area contributed by atoms with Gasteiger partial charge in [0.15, 0.2) is 0 Å². The van der Waals surface area contributed by atoms with Crippen LogP contribution in [0, 0.1) is 6.92 Å². The van der Waals surface area contributed by atoms with Crippen LogP contribution in [0.25, 0.3) is 0 Å². The largest absolute Gasteiger partial charge is 0.385 e. The maximum absolute atomic E-state index is 6.09. The van der Waals surface area contributed by atoms with E-state index in [0.29, 0.717) is 0 Å². The van der Waals surface area contributed by atoms with E-state index >= 15 is 0 Å². The summed E-state index contributed by atoms with van der Waals surface area (Å²) < 4.78 is 0. The summed E-state index contributed by atoms with van der Waals surface area (Å²) in [7, 11) is 0. The molecule has 1 unspecified atom stereocenters. The summed E-state index contributed by atoms with van der Waals surface area (Å²) in [5.41, 5.74) is 9.61. The summed E-state index contributed by atoms with van der Waals surface area (Å²) >= 11 is 6.02. The fourth-order valence-corrected chi connectivity index (χ4v) is 2.28. The van der Waals surface area contributed by atoms with Crippen LogP contribution in [0.1, 0.15) is 30.0 Å². The van der Waals surface area contributed by atoms with E-state index in [2.05, 4.69) is 12.2 Å². The van der Waals surface area contributed by atoms with Gasteiger partial charge in [-0.15, -0.1) is 0 Å². The number of nitrogens with two attached hydrogens (primary N) is 1. The molecule has 0 aliphatic carbocycles. The summed E-state index contributed by atoms with van der Waals surface area (Å²) in [5, 5.41) is 4.19. The van der Waals surface area contributed by atoms with Gasteiger partial charge in [0, 0.05) is 23.3 Å². The van der Waals surface area contributed by atoms with Crippen LogP contribution < -0.4 is 11.1 Å². The van der Waals surface area contributed by atoms with Crippen molar-refractivity contribution >= 4 is 17.3 Å². The van der Waals surface area contributed by atoms with Crippen molar-refractivity contribution in [1.29, 1.82) is 0 Å². The van der Waals surface area contributed by atoms with Gasteiger partial charge in [0.1, 0.15) is 0 Å². The number of halogens is 1. The second-order valence-electron chi connectivity index (χ2n) is 3.86. The molecule has 1 aliphatic rings. The Morgan fingerprint density at radius 3 is 3.07 bits per heavy atom. The molecule has 0 fully saturated rings. The standard InChI is InChI=1S/C11H15ClN2/c1-7-5-8(12)6-9-10(13)3-2-4-14-11(7)9/h5-6,10,14H,2-4,13H2,1H3. The topological polar surface area (TPSA) is 38.0 Å². The molecule has 76 valence electrons. The monoisotopic (exact) mass is 210 g/mol. The second-order valence-corrected chi connectivity index (χ2v) is 4.30. The molecule has 0 amide bonds. The van der Waals surface area contributed by atoms with Crippen molar-refractivity contribution in [3.63, 3.8) is 0 Å². The Balaban J connectivity index is 2.53. The van der Waals surface area contributed by atoms with Crippen molar-refractivity contribution < 1.29 is 0 Å². The van der Waals surface area contributed by atoms with E-state index < -0.39 is 0 Å². The summed E-state index contributed by atoms with van der Waals surface area (Å²) in [6, 6.07) is 4.08. The molecule has 0 saturated heterocycles. The Labute approximate surface area is 89.4 Å². The second kappa shape index (κ2) is 3.79. The molecule has 0 spiro atoms. The van der Waals surface area contributed by atoms with Crippen LogP contribution in [0.5, 0.6) is 0 Å². The van der Waals surface area contributed by atoms with Crippen molar-refractivity contribution in [2.24, 2.45) is 5.73 Å². The fourth-order valence-electron chi connectivity index (χ4n) is 1.99. The Bertz CT molecular complexity index is 349. The molecule has 1 atom stereocenters. The van der Waals surface area contributed by atoms with Gasteiger partial charge < -0.3 is 11.1 Å². The maximum Gasteiger partial charge on any atom is 0.0419 e. The van der Waals surface area contributed by atoms with Gasteiger partial charge in [0.25, 0.3) is 0 Å². The van der Waals surface area contributed by atoms with Crippen LogP contribution in [0.4, 0.5) is 5.69 Å². The molecule has 1 heterocycles. The predicted octanol–water partition coefficient (Wildman–Crippen LogP) is 2.85. The Hall–Kier alpha value is -0.730. The normalized spacial score (nSPS) is 20.9. The number of fused-ring (bicyclic) bond motifs is 1. The molecule has 0 radical (unpaired) electrons. The van der Waals surface area contributed by atoms with E-state index in [4.69, 9.17) is 17.3 Å². The van der Waals surface area contributed by atoms with E-state index in [-0.39, 0.29) is 6.04 Å². The minimum absolute atomic E-state index is 0.123. The smallest absolute Gasteiger partial charge is 0.0419 e. The van der Waals surface area contributed by atoms with Crippen molar-refractivity contribution in [2.75, 3.05) is 11.9 Å². The van der Waals surface area contributed by atoms with Crippen molar-refractivity contribution in [1.82, 2.24) is 0 Å². The quantitative estimate of drug-likeness (QED) is 0.691. The van der Waals surface area contributed by atoms with E-state index in [1.165, 1.54) is 11.3 Å². The lowest BCUT2D eigenvalue weighted by Gasteiger charge is -2.15. The highest BCUT2D eigenvalue weighted by atomic mass is 35.5. The first-order chi connectivity index (χ1) is 6.68. The van der Waals surface area contributed by atoms with Gasteiger partial charge in [-0.25, -0.2) is 0 Å². The van der Waals surface area contributed by atoms with Gasteiger partial charge in [0.05, 0.1) is 0 Å². The lowest BCUT2D eigenvalue weighted by Crippen LogP contribution is -2.10. The number of benzene rings is 1. The number of hydrogen-bond donors (Lipinski definition) is 2. The van der Waals surface area contributed by atoms with Gasteiger partial charge in [-0.05, 0) is 43.0 Å². The first kappa shape index (κ1) is 9.81. The summed E-state index contributed by atoms with van der Waals surface area (Å²) in [6.07, 6.45) is 2.15. The third-order valence-electron chi connectivity index (χ3n) is 2.72. The SMILES string of the molecule is Cc1cc(Cl)cc2c1NCCCC2N. The van der Waals surface area contributed by atoms with Crippen LogP contribution in [-0.2, 0) is 0 Å². The van der Waals surface area contributed by atoms with E-state index in [1.807, 2.05) is 12.1 Å². The molecule has 0 bridgehead atoms. The molecule has 1 aliphatic heterocycles. The molecule has 2 nitrogen and oxygen atoms in total. The number of aryl methyl sites for hydroxylation is 1. The highest BCUT2D eigenvalue weighted by Crippen LogP contribution is 2.33. The van der Waals surface area contributed by atoms with Crippen LogP contribution in [0.3, 0.4) is 0 Å². The third-order valence-corrected chi connectivity index (χ3v) is 2.94. The first-order valence-electron chi connectivity index (χ1n) is 4.98. The van der Waals surface area contributed by atoms with Gasteiger partial charge in [-0.1, -0.05) is 11.6 Å². The zero-order chi connectivity index (χ0) is 10.1. The summed E-state index contributed by atoms with van der Waals surface area (Å²) in [5.74, 6) is 0. The Kier molecular flexibility index (Phi) is 2.66. The lowest BCUT2D eigenvalue weighted by molar-refractivity contribution is 0.642. The average molecular weight is 211 g/mol. The maximum atomic E-state index is 6.09. The minimum atomic E-state index is 0.123. The summed E-state index contributed by atoms with van der Waals surface area (Å²) in [4.78, 5) is 0. The first-order valence-corrected chi connectivity index (χ1v) is 5.36. The van der Waals surface area contributed by atoms with Gasteiger partial charge in [0.2, 0.25) is 0 Å². The highest BCUT2D eigenvalue weighted by Gasteiger charge is 2.16. The zero-order valence-electron chi connectivity index (χ0n) is 8.31. The van der Waals surface area contributed by atoms with Crippen LogP contribution in [0.15, 0.2) is 12.1 Å². The Morgan fingerprint density at radius 2 is 2.29 bits per heavy atom. The average Bonchev–Trinajstić information content (AvgIpc) is 2.29. The summed E-state index contributed by atoms with van der Waals surface area (Å²) in [6.45, 7) is 3.07. The van der Waals surface area contributed by atoms with Gasteiger partial charge >= 0.3 is 0 Å². The number of anilines is 1. The molecule has 0 saturated carbocycles. The molecule has 0 aromatic heterocycles. The van der Waals surface area contributed by atoms with Crippen LogP contribution in [0.2, 0.25) is 5.02 Å². The number of nitrogens with one attached hydrogen (secondary N) is 1. The zero-order valence-corrected chi connectivity index (χ0v) is 9.06. The van der Waals surface area contributed by atoms with Crippen molar-refractivity contribution in [3.05, 3.63) is 28.3 Å². The van der Waals surface area contributed by atoms with Gasteiger partial charge in [-0.2, -0.15) is 0 Å². The lowest BCUT2D eigenvalue weighted by atomic mass is 10.0. The van der Waals surface area contributed by atoms with E-state index in [0.717, 1.165) is 30.0 Å². The van der Waals surface area contributed by atoms with Crippen molar-refractivity contribution in [3.8, 4) is 0 Å². The molecular formula is C11H15ClN2. The molecule has 1 aromatic carbocycles. The van der Waals surface area contributed by atoms with Crippen molar-refractivity contribution in [2.45, 2.75) is 25.8 Å². The molecular weight excluding hydrogens is 196 g/mol. The van der Waals surface area contributed by atoms with Gasteiger partial charge in [-0.3, -0.25) is 0 Å². The predicted molar refractivity (Wildman–Crippen MR) is 60.8 cm³/mol. The van der Waals surface area contributed by atoms with E-state index in [1.54, 1.807) is 0 Å². The highest BCUT2D eigenvalue weighted by molar-refractivity contribution is 6.30. The van der Waals surface area contributed by atoms with Crippen LogP contribution in [-0.4, -0.2) is 6.54 Å². The third kappa shape index (κ3) is 1.72. The molecule has 1 aromatic rings. The molecule has 14 heavy (non-hydrogen) atoms. The molecule has 3 N–H and O–H groups in total. The number of hydrogen-bond acceptors (Lipinski definition) is 2. The Morgan fingerprint density at radius 1 is 1.50 bits per heavy atom. The fraction of sp³-hybridized carbons (Fsp3) is 0.455. The minimum Gasteiger partial charge on any atom is -0.385 e. The number of rotatable bonds is 0. The van der Waals surface area contributed by atoms with E-state index in [9.17, 15) is 0 Å². The van der Waals surface area contributed by atoms with Crippen LogP contribution >= 0.6 is 11.6 Å².